The van der Waals surface area contributed by atoms with Gasteiger partial charge in [-0.3, -0.25) is 0 Å². The van der Waals surface area contributed by atoms with Crippen LogP contribution in [0.2, 0.25) is 0 Å². The van der Waals surface area contributed by atoms with E-state index >= 15 is 0 Å². The molecule has 3 rings (SSSR count). The van der Waals surface area contributed by atoms with Crippen LogP contribution in [0.4, 0.5) is 0 Å². The molecule has 21 heavy (non-hydrogen) atoms. The smallest absolute Gasteiger partial charge is 0.0175 e. The van der Waals surface area contributed by atoms with Gasteiger partial charge in [-0.05, 0) is 81.4 Å². The Morgan fingerprint density at radius 3 is 2.24 bits per heavy atom. The minimum atomic E-state index is 0. The molecule has 0 aliphatic carbocycles. The van der Waals surface area contributed by atoms with Gasteiger partial charge in [0.2, 0.25) is 0 Å². The van der Waals surface area contributed by atoms with Crippen molar-refractivity contribution in [2.24, 2.45) is 5.92 Å². The third-order valence-electron chi connectivity index (χ3n) is 4.90. The molecule has 2 aliphatic rings. The Balaban J connectivity index is 0.00000161. The molecule has 0 aromatic heterocycles. The molecule has 0 radical (unpaired) electrons. The van der Waals surface area contributed by atoms with Crippen molar-refractivity contribution in [3.63, 3.8) is 0 Å². The first-order valence-corrected chi connectivity index (χ1v) is 8.79. The van der Waals surface area contributed by atoms with Gasteiger partial charge in [-0.25, -0.2) is 0 Å². The van der Waals surface area contributed by atoms with E-state index in [1.165, 1.54) is 68.4 Å². The van der Waals surface area contributed by atoms with Crippen LogP contribution in [-0.4, -0.2) is 37.6 Å². The molecule has 0 amide bonds. The summed E-state index contributed by atoms with van der Waals surface area (Å²) in [4.78, 5) is 2.70. The number of nitrogens with one attached hydrogen (secondary N) is 1. The van der Waals surface area contributed by atoms with Crippen LogP contribution in [0.3, 0.4) is 0 Å². The van der Waals surface area contributed by atoms with E-state index in [4.69, 9.17) is 0 Å². The standard InChI is InChI=1S/C17H25BrN2.ClH/c18-17-3-1-15(2-4-17)16-7-11-20(12-8-16)13-14-5-9-19-10-6-14;/h1-4,14,16,19H,5-13H2;1H. The Bertz CT molecular complexity index is 409. The Hall–Kier alpha value is -0.0900. The van der Waals surface area contributed by atoms with Gasteiger partial charge < -0.3 is 10.2 Å². The molecule has 2 nitrogen and oxygen atoms in total. The number of nitrogens with zero attached hydrogens (tertiary/aromatic N) is 1. The molecular weight excluding hydrogens is 348 g/mol. The quantitative estimate of drug-likeness (QED) is 0.860. The zero-order valence-corrected chi connectivity index (χ0v) is 15.0. The van der Waals surface area contributed by atoms with E-state index < -0.39 is 0 Å². The highest BCUT2D eigenvalue weighted by atomic mass is 79.9. The lowest BCUT2D eigenvalue weighted by molar-refractivity contribution is 0.167. The fraction of sp³-hybridized carbons (Fsp3) is 0.647. The molecule has 2 heterocycles. The van der Waals surface area contributed by atoms with Gasteiger partial charge >= 0.3 is 0 Å². The van der Waals surface area contributed by atoms with E-state index in [1.54, 1.807) is 0 Å². The Morgan fingerprint density at radius 1 is 1.00 bits per heavy atom. The summed E-state index contributed by atoms with van der Waals surface area (Å²) in [7, 11) is 0. The molecule has 118 valence electrons. The average Bonchev–Trinajstić information content (AvgIpc) is 2.50. The van der Waals surface area contributed by atoms with Crippen molar-refractivity contribution in [1.29, 1.82) is 0 Å². The summed E-state index contributed by atoms with van der Waals surface area (Å²) in [6.45, 7) is 6.34. The molecular formula is C17H26BrClN2. The number of benzene rings is 1. The van der Waals surface area contributed by atoms with Crippen molar-refractivity contribution in [3.8, 4) is 0 Å². The molecule has 0 spiro atoms. The Morgan fingerprint density at radius 2 is 1.62 bits per heavy atom. The summed E-state index contributed by atoms with van der Waals surface area (Å²) < 4.78 is 1.18. The van der Waals surface area contributed by atoms with E-state index in [0.29, 0.717) is 0 Å². The molecule has 0 bridgehead atoms. The molecule has 1 aromatic carbocycles. The third kappa shape index (κ3) is 4.95. The van der Waals surface area contributed by atoms with Crippen LogP contribution in [0.5, 0.6) is 0 Å². The number of halogens is 2. The molecule has 2 saturated heterocycles. The van der Waals surface area contributed by atoms with Crippen LogP contribution in [-0.2, 0) is 0 Å². The van der Waals surface area contributed by atoms with Gasteiger partial charge in [0, 0.05) is 11.0 Å². The number of rotatable bonds is 3. The van der Waals surface area contributed by atoms with Crippen molar-refractivity contribution in [2.75, 3.05) is 32.7 Å². The minimum absolute atomic E-state index is 0. The largest absolute Gasteiger partial charge is 0.317 e. The van der Waals surface area contributed by atoms with Crippen molar-refractivity contribution < 1.29 is 0 Å². The molecule has 2 fully saturated rings. The van der Waals surface area contributed by atoms with E-state index in [9.17, 15) is 0 Å². The minimum Gasteiger partial charge on any atom is -0.317 e. The van der Waals surface area contributed by atoms with Gasteiger partial charge in [-0.2, -0.15) is 0 Å². The highest BCUT2D eigenvalue weighted by Crippen LogP contribution is 2.29. The van der Waals surface area contributed by atoms with Gasteiger partial charge in [0.15, 0.2) is 0 Å². The predicted molar refractivity (Wildman–Crippen MR) is 95.4 cm³/mol. The second-order valence-corrected chi connectivity index (χ2v) is 7.24. The maximum Gasteiger partial charge on any atom is 0.0175 e. The summed E-state index contributed by atoms with van der Waals surface area (Å²) in [5.41, 5.74) is 1.52. The molecule has 1 N–H and O–H groups in total. The lowest BCUT2D eigenvalue weighted by Gasteiger charge is -2.35. The molecule has 0 atom stereocenters. The van der Waals surface area contributed by atoms with E-state index in [2.05, 4.69) is 50.4 Å². The van der Waals surface area contributed by atoms with E-state index in [0.717, 1.165) is 11.8 Å². The number of piperidine rings is 2. The average molecular weight is 374 g/mol. The zero-order valence-electron chi connectivity index (χ0n) is 12.6. The van der Waals surface area contributed by atoms with Gasteiger partial charge in [0.1, 0.15) is 0 Å². The van der Waals surface area contributed by atoms with E-state index in [-0.39, 0.29) is 12.4 Å². The van der Waals surface area contributed by atoms with E-state index in [1.807, 2.05) is 0 Å². The summed E-state index contributed by atoms with van der Waals surface area (Å²) in [5.74, 6) is 1.70. The highest BCUT2D eigenvalue weighted by Gasteiger charge is 2.23. The molecule has 0 saturated carbocycles. The van der Waals surface area contributed by atoms with Gasteiger partial charge in [0.05, 0.1) is 0 Å². The van der Waals surface area contributed by atoms with Crippen LogP contribution in [0.15, 0.2) is 28.7 Å². The van der Waals surface area contributed by atoms with Crippen LogP contribution < -0.4 is 5.32 Å². The second-order valence-electron chi connectivity index (χ2n) is 6.32. The lowest BCUT2D eigenvalue weighted by atomic mass is 9.88. The van der Waals surface area contributed by atoms with Crippen molar-refractivity contribution in [1.82, 2.24) is 10.2 Å². The van der Waals surface area contributed by atoms with Crippen molar-refractivity contribution in [2.45, 2.75) is 31.6 Å². The molecule has 0 unspecified atom stereocenters. The summed E-state index contributed by atoms with van der Waals surface area (Å²) in [5, 5.41) is 3.46. The Kier molecular flexibility index (Phi) is 7.00. The Labute approximate surface area is 143 Å². The van der Waals surface area contributed by atoms with Crippen LogP contribution in [0.25, 0.3) is 0 Å². The SMILES string of the molecule is Brc1ccc(C2CCN(CC3CCNCC3)CC2)cc1.Cl. The van der Waals surface area contributed by atoms with Gasteiger partial charge in [-0.15, -0.1) is 12.4 Å². The van der Waals surface area contributed by atoms with Crippen molar-refractivity contribution in [3.05, 3.63) is 34.3 Å². The normalized spacial score (nSPS) is 22.0. The maximum absolute atomic E-state index is 3.52. The molecule has 2 aliphatic heterocycles. The molecule has 1 aromatic rings. The van der Waals surface area contributed by atoms with Crippen LogP contribution >= 0.6 is 28.3 Å². The fourth-order valence-corrected chi connectivity index (χ4v) is 3.88. The maximum atomic E-state index is 3.52. The summed E-state index contributed by atoms with van der Waals surface area (Å²) in [6.07, 6.45) is 5.39. The summed E-state index contributed by atoms with van der Waals surface area (Å²) in [6, 6.07) is 8.93. The van der Waals surface area contributed by atoms with Crippen LogP contribution in [0.1, 0.15) is 37.2 Å². The molecule has 4 heteroatoms. The lowest BCUT2D eigenvalue weighted by Crippen LogP contribution is -2.39. The first-order valence-electron chi connectivity index (χ1n) is 8.00. The number of hydrogen-bond acceptors (Lipinski definition) is 2. The fourth-order valence-electron chi connectivity index (χ4n) is 3.61. The number of likely N-dealkylation sites (tertiary alicyclic amines) is 1. The van der Waals surface area contributed by atoms with Crippen molar-refractivity contribution >= 4 is 28.3 Å². The predicted octanol–water partition coefficient (Wildman–Crippen LogP) is 4.05. The van der Waals surface area contributed by atoms with Gasteiger partial charge in [-0.1, -0.05) is 28.1 Å². The highest BCUT2D eigenvalue weighted by molar-refractivity contribution is 9.10. The van der Waals surface area contributed by atoms with Crippen LogP contribution in [0, 0.1) is 5.92 Å². The first kappa shape index (κ1) is 17.3. The van der Waals surface area contributed by atoms with Gasteiger partial charge in [0.25, 0.3) is 0 Å². The second kappa shape index (κ2) is 8.52. The topological polar surface area (TPSA) is 15.3 Å². The monoisotopic (exact) mass is 372 g/mol. The summed E-state index contributed by atoms with van der Waals surface area (Å²) >= 11 is 3.52. The number of hydrogen-bond donors (Lipinski definition) is 1. The third-order valence-corrected chi connectivity index (χ3v) is 5.43. The zero-order chi connectivity index (χ0) is 13.8. The first-order chi connectivity index (χ1) is 9.81.